The molecule has 132 valence electrons. The molecule has 7 heteroatoms. The number of amides is 1. The third-order valence-electron chi connectivity index (χ3n) is 4.73. The van der Waals surface area contributed by atoms with Crippen molar-refractivity contribution < 1.29 is 13.6 Å². The van der Waals surface area contributed by atoms with E-state index >= 15 is 0 Å². The van der Waals surface area contributed by atoms with E-state index in [1.54, 1.807) is 0 Å². The highest BCUT2D eigenvalue weighted by Gasteiger charge is 2.49. The maximum Gasteiger partial charge on any atom is 0.262 e. The summed E-state index contributed by atoms with van der Waals surface area (Å²) >= 11 is 5.88. The second-order valence-corrected chi connectivity index (χ2v) is 7.23. The summed E-state index contributed by atoms with van der Waals surface area (Å²) in [6, 6.07) is 7.53. The van der Waals surface area contributed by atoms with E-state index in [1.807, 2.05) is 29.2 Å². The Morgan fingerprint density at radius 1 is 1.33 bits per heavy atom. The summed E-state index contributed by atoms with van der Waals surface area (Å²) in [5.74, 6) is -2.84. The van der Waals surface area contributed by atoms with Crippen LogP contribution in [0.5, 0.6) is 0 Å². The molecule has 2 heterocycles. The first-order valence-corrected chi connectivity index (χ1v) is 8.55. The molecule has 0 aromatic heterocycles. The van der Waals surface area contributed by atoms with Gasteiger partial charge in [0.1, 0.15) is 0 Å². The van der Waals surface area contributed by atoms with E-state index in [4.69, 9.17) is 11.6 Å². The average molecular weight is 358 g/mol. The first-order valence-electron chi connectivity index (χ1n) is 8.17. The predicted molar refractivity (Wildman–Crippen MR) is 89.3 cm³/mol. The van der Waals surface area contributed by atoms with Crippen molar-refractivity contribution in [1.29, 1.82) is 0 Å². The zero-order valence-corrected chi connectivity index (χ0v) is 14.4. The van der Waals surface area contributed by atoms with Crippen molar-refractivity contribution in [2.24, 2.45) is 0 Å². The molecule has 0 radical (unpaired) electrons. The Morgan fingerprint density at radius 2 is 2.00 bits per heavy atom. The number of nitrogens with zero attached hydrogens (tertiary/aromatic N) is 2. The minimum Gasteiger partial charge on any atom is -0.355 e. The van der Waals surface area contributed by atoms with Crippen molar-refractivity contribution in [3.63, 3.8) is 0 Å². The number of alkyl halides is 2. The van der Waals surface area contributed by atoms with Gasteiger partial charge in [-0.15, -0.1) is 0 Å². The smallest absolute Gasteiger partial charge is 0.262 e. The third kappa shape index (κ3) is 4.23. The zero-order valence-electron chi connectivity index (χ0n) is 13.6. The number of hydrogen-bond donors (Lipinski definition) is 1. The van der Waals surface area contributed by atoms with E-state index in [0.29, 0.717) is 11.6 Å². The number of halogens is 3. The Balaban J connectivity index is 1.53. The summed E-state index contributed by atoms with van der Waals surface area (Å²) in [6.45, 7) is 3.84. The van der Waals surface area contributed by atoms with Crippen LogP contribution in [0.4, 0.5) is 8.78 Å². The number of benzene rings is 1. The summed E-state index contributed by atoms with van der Waals surface area (Å²) in [4.78, 5) is 15.2. The van der Waals surface area contributed by atoms with Crippen LogP contribution < -0.4 is 5.32 Å². The highest BCUT2D eigenvalue weighted by atomic mass is 35.5. The van der Waals surface area contributed by atoms with Gasteiger partial charge in [0.05, 0.1) is 6.54 Å². The Hall–Kier alpha value is -1.24. The van der Waals surface area contributed by atoms with Crippen LogP contribution in [0.3, 0.4) is 0 Å². The van der Waals surface area contributed by atoms with Crippen molar-refractivity contribution in [2.45, 2.75) is 37.9 Å². The number of nitrogens with one attached hydrogen (secondary N) is 1. The molecule has 1 N–H and O–H groups in total. The highest BCUT2D eigenvalue weighted by Crippen LogP contribution is 2.35. The van der Waals surface area contributed by atoms with Gasteiger partial charge in [0.15, 0.2) is 0 Å². The van der Waals surface area contributed by atoms with Crippen LogP contribution in [-0.2, 0) is 11.3 Å². The predicted octanol–water partition coefficient (Wildman–Crippen LogP) is 2.37. The molecule has 0 bridgehead atoms. The van der Waals surface area contributed by atoms with Crippen molar-refractivity contribution in [1.82, 2.24) is 15.1 Å². The molecule has 2 saturated heterocycles. The monoisotopic (exact) mass is 357 g/mol. The molecular formula is C17H22ClF2N3O. The zero-order chi connectivity index (χ0) is 17.3. The number of carbonyl (C=O) groups excluding carboxylic acids is 1. The lowest BCUT2D eigenvalue weighted by Crippen LogP contribution is -2.61. The molecule has 1 aromatic rings. The van der Waals surface area contributed by atoms with E-state index in [-0.39, 0.29) is 31.0 Å². The number of carbonyl (C=O) groups is 1. The van der Waals surface area contributed by atoms with Gasteiger partial charge < -0.3 is 5.32 Å². The van der Waals surface area contributed by atoms with E-state index in [2.05, 4.69) is 10.2 Å². The van der Waals surface area contributed by atoms with Gasteiger partial charge in [0.2, 0.25) is 5.91 Å². The standard InChI is InChI=1S/C17H22ClF2N3O/c1-12(24)21-7-15-6-17(19,20)11-23(15)16-9-22(10-16)8-13-2-4-14(18)5-3-13/h2-5,15-16H,6-11H2,1H3,(H,21,24)/t15-/m0/s1. The van der Waals surface area contributed by atoms with Crippen LogP contribution in [0, 0.1) is 0 Å². The maximum absolute atomic E-state index is 13.8. The van der Waals surface area contributed by atoms with Crippen LogP contribution >= 0.6 is 11.6 Å². The molecule has 1 amide bonds. The molecule has 2 aliphatic rings. The molecule has 4 nitrogen and oxygen atoms in total. The van der Waals surface area contributed by atoms with Gasteiger partial charge in [-0.25, -0.2) is 8.78 Å². The van der Waals surface area contributed by atoms with E-state index in [1.165, 1.54) is 12.5 Å². The number of rotatable bonds is 5. The van der Waals surface area contributed by atoms with Crippen molar-refractivity contribution in [3.05, 3.63) is 34.9 Å². The number of hydrogen-bond acceptors (Lipinski definition) is 3. The molecule has 0 saturated carbocycles. The van der Waals surface area contributed by atoms with Gasteiger partial charge in [-0.1, -0.05) is 23.7 Å². The second kappa shape index (κ2) is 6.94. The average Bonchev–Trinajstić information content (AvgIpc) is 2.77. The Labute approximate surface area is 145 Å². The summed E-state index contributed by atoms with van der Waals surface area (Å²) in [5.41, 5.74) is 1.17. The lowest BCUT2D eigenvalue weighted by atomic mass is 10.0. The van der Waals surface area contributed by atoms with Crippen molar-refractivity contribution >= 4 is 17.5 Å². The van der Waals surface area contributed by atoms with Crippen molar-refractivity contribution in [2.75, 3.05) is 26.2 Å². The SMILES string of the molecule is CC(=O)NC[C@@H]1CC(F)(F)CN1C1CN(Cc2ccc(Cl)cc2)C1. The first-order chi connectivity index (χ1) is 11.3. The van der Waals surface area contributed by atoms with Gasteiger partial charge in [0.25, 0.3) is 5.92 Å². The molecule has 0 spiro atoms. The van der Waals surface area contributed by atoms with Gasteiger partial charge in [-0.2, -0.15) is 0 Å². The van der Waals surface area contributed by atoms with Crippen LogP contribution in [0.1, 0.15) is 18.9 Å². The fourth-order valence-electron chi connectivity index (χ4n) is 3.53. The van der Waals surface area contributed by atoms with Crippen LogP contribution in [0.2, 0.25) is 5.02 Å². The molecule has 0 unspecified atom stereocenters. The molecule has 1 aromatic carbocycles. The lowest BCUT2D eigenvalue weighted by molar-refractivity contribution is -0.119. The molecule has 2 fully saturated rings. The second-order valence-electron chi connectivity index (χ2n) is 6.80. The summed E-state index contributed by atoms with van der Waals surface area (Å²) in [5, 5.41) is 3.38. The van der Waals surface area contributed by atoms with Crippen LogP contribution in [0.25, 0.3) is 0 Å². The fourth-order valence-corrected chi connectivity index (χ4v) is 3.66. The van der Waals surface area contributed by atoms with Gasteiger partial charge in [0, 0.05) is 56.6 Å². The Morgan fingerprint density at radius 3 is 2.62 bits per heavy atom. The van der Waals surface area contributed by atoms with Gasteiger partial charge in [-0.3, -0.25) is 14.6 Å². The van der Waals surface area contributed by atoms with Crippen molar-refractivity contribution in [3.8, 4) is 0 Å². The Kier molecular flexibility index (Phi) is 5.08. The molecule has 1 atom stereocenters. The fraction of sp³-hybridized carbons (Fsp3) is 0.588. The Bertz CT molecular complexity index is 590. The maximum atomic E-state index is 13.8. The van der Waals surface area contributed by atoms with Crippen LogP contribution in [0.15, 0.2) is 24.3 Å². The minimum atomic E-state index is -2.67. The summed E-state index contributed by atoms with van der Waals surface area (Å²) in [6.07, 6.45) is -0.180. The highest BCUT2D eigenvalue weighted by molar-refractivity contribution is 6.30. The van der Waals surface area contributed by atoms with Gasteiger partial charge >= 0.3 is 0 Å². The van der Waals surface area contributed by atoms with Gasteiger partial charge in [-0.05, 0) is 17.7 Å². The number of likely N-dealkylation sites (tertiary alicyclic amines) is 2. The summed E-state index contributed by atoms with van der Waals surface area (Å²) in [7, 11) is 0. The lowest BCUT2D eigenvalue weighted by Gasteiger charge is -2.46. The molecule has 3 rings (SSSR count). The van der Waals surface area contributed by atoms with E-state index < -0.39 is 5.92 Å². The first kappa shape index (κ1) is 17.6. The largest absolute Gasteiger partial charge is 0.355 e. The third-order valence-corrected chi connectivity index (χ3v) is 4.98. The van der Waals surface area contributed by atoms with E-state index in [0.717, 1.165) is 19.6 Å². The quantitative estimate of drug-likeness (QED) is 0.878. The molecular weight excluding hydrogens is 336 g/mol. The van der Waals surface area contributed by atoms with E-state index in [9.17, 15) is 13.6 Å². The normalized spacial score (nSPS) is 24.8. The minimum absolute atomic E-state index is 0.129. The molecule has 2 aliphatic heterocycles. The summed E-state index contributed by atoms with van der Waals surface area (Å²) < 4.78 is 27.6. The molecule has 0 aliphatic carbocycles. The molecule has 24 heavy (non-hydrogen) atoms. The van der Waals surface area contributed by atoms with Crippen LogP contribution in [-0.4, -0.2) is 59.9 Å². The topological polar surface area (TPSA) is 35.6 Å².